The lowest BCUT2D eigenvalue weighted by atomic mass is 10.2. The van der Waals surface area contributed by atoms with Crippen LogP contribution >= 0.6 is 11.8 Å². The number of sulfonamides is 1. The Morgan fingerprint density at radius 3 is 2.84 bits per heavy atom. The van der Waals surface area contributed by atoms with Gasteiger partial charge in [-0.2, -0.15) is 17.0 Å². The van der Waals surface area contributed by atoms with Crippen LogP contribution in [0.5, 0.6) is 0 Å². The average Bonchev–Trinajstić information content (AvgIpc) is 2.38. The molecule has 0 aromatic heterocycles. The van der Waals surface area contributed by atoms with Gasteiger partial charge < -0.3 is 0 Å². The molecule has 0 fully saturated rings. The largest absolute Gasteiger partial charge is 0.240 e. The third kappa shape index (κ3) is 5.23. The van der Waals surface area contributed by atoms with Gasteiger partial charge in [0.25, 0.3) is 0 Å². The molecule has 1 unspecified atom stereocenters. The summed E-state index contributed by atoms with van der Waals surface area (Å²) in [5.74, 6) is 1.96. The molecule has 1 aromatic rings. The molecule has 104 valence electrons. The highest BCUT2D eigenvalue weighted by Crippen LogP contribution is 2.12. The van der Waals surface area contributed by atoms with E-state index in [1.807, 2.05) is 13.0 Å². The summed E-state index contributed by atoms with van der Waals surface area (Å²) >= 11 is 1.79. The van der Waals surface area contributed by atoms with Crippen LogP contribution in [0.2, 0.25) is 0 Å². The van der Waals surface area contributed by atoms with Gasteiger partial charge in [-0.3, -0.25) is 0 Å². The standard InChI is InChI=1S/C13H18N2O2S2/c1-3-18-8-7-11(2)15-19(16,17)13-6-4-5-12(9-13)10-14/h4-6,9,11,15H,3,7-8H2,1-2H3. The molecule has 0 aliphatic heterocycles. The molecule has 0 bridgehead atoms. The van der Waals surface area contributed by atoms with E-state index < -0.39 is 10.0 Å². The van der Waals surface area contributed by atoms with Gasteiger partial charge >= 0.3 is 0 Å². The predicted molar refractivity (Wildman–Crippen MR) is 78.6 cm³/mol. The molecule has 0 saturated heterocycles. The SMILES string of the molecule is CCSCCC(C)NS(=O)(=O)c1cccc(C#N)c1. The van der Waals surface area contributed by atoms with Crippen molar-refractivity contribution in [2.75, 3.05) is 11.5 Å². The van der Waals surface area contributed by atoms with E-state index in [0.717, 1.165) is 17.9 Å². The topological polar surface area (TPSA) is 70.0 Å². The zero-order valence-electron chi connectivity index (χ0n) is 11.1. The molecule has 4 nitrogen and oxygen atoms in total. The summed E-state index contributed by atoms with van der Waals surface area (Å²) in [4.78, 5) is 0.140. The van der Waals surface area contributed by atoms with Crippen molar-refractivity contribution in [1.29, 1.82) is 5.26 Å². The van der Waals surface area contributed by atoms with Gasteiger partial charge in [0, 0.05) is 6.04 Å². The summed E-state index contributed by atoms with van der Waals surface area (Å²) in [6, 6.07) is 7.86. The quantitative estimate of drug-likeness (QED) is 0.785. The maximum Gasteiger partial charge on any atom is 0.240 e. The zero-order chi connectivity index (χ0) is 14.3. The minimum absolute atomic E-state index is 0.116. The number of hydrogen-bond donors (Lipinski definition) is 1. The minimum Gasteiger partial charge on any atom is -0.208 e. The van der Waals surface area contributed by atoms with E-state index in [2.05, 4.69) is 11.6 Å². The van der Waals surface area contributed by atoms with Crippen LogP contribution in [-0.4, -0.2) is 26.0 Å². The van der Waals surface area contributed by atoms with Crippen LogP contribution in [0, 0.1) is 11.3 Å². The lowest BCUT2D eigenvalue weighted by Gasteiger charge is -2.14. The first-order valence-electron chi connectivity index (χ1n) is 6.10. The van der Waals surface area contributed by atoms with Gasteiger partial charge in [0.05, 0.1) is 16.5 Å². The molecule has 1 rings (SSSR count). The molecule has 0 aliphatic rings. The molecule has 19 heavy (non-hydrogen) atoms. The molecule has 0 aliphatic carbocycles. The van der Waals surface area contributed by atoms with Crippen molar-refractivity contribution in [2.24, 2.45) is 0 Å². The highest BCUT2D eigenvalue weighted by molar-refractivity contribution is 7.99. The van der Waals surface area contributed by atoms with Crippen molar-refractivity contribution < 1.29 is 8.42 Å². The lowest BCUT2D eigenvalue weighted by molar-refractivity contribution is 0.557. The molecule has 1 aromatic carbocycles. The Labute approximate surface area is 119 Å². The molecular formula is C13H18N2O2S2. The van der Waals surface area contributed by atoms with Gasteiger partial charge in [0.15, 0.2) is 0 Å². The Morgan fingerprint density at radius 1 is 1.47 bits per heavy atom. The maximum absolute atomic E-state index is 12.1. The summed E-state index contributed by atoms with van der Waals surface area (Å²) in [6.45, 7) is 3.93. The van der Waals surface area contributed by atoms with Crippen LogP contribution in [0.3, 0.4) is 0 Å². The summed E-state index contributed by atoms with van der Waals surface area (Å²) in [5.41, 5.74) is 0.345. The summed E-state index contributed by atoms with van der Waals surface area (Å²) in [7, 11) is -3.54. The monoisotopic (exact) mass is 298 g/mol. The van der Waals surface area contributed by atoms with Gasteiger partial charge in [-0.1, -0.05) is 13.0 Å². The Morgan fingerprint density at radius 2 is 2.21 bits per heavy atom. The molecule has 1 N–H and O–H groups in total. The van der Waals surface area contributed by atoms with E-state index >= 15 is 0 Å². The van der Waals surface area contributed by atoms with E-state index in [1.54, 1.807) is 23.9 Å². The van der Waals surface area contributed by atoms with Crippen molar-refractivity contribution in [3.63, 3.8) is 0 Å². The Bertz CT molecular complexity index is 550. The summed E-state index contributed by atoms with van der Waals surface area (Å²) in [6.07, 6.45) is 0.787. The van der Waals surface area contributed by atoms with Crippen molar-refractivity contribution in [3.8, 4) is 6.07 Å². The van der Waals surface area contributed by atoms with Crippen molar-refractivity contribution >= 4 is 21.8 Å². The van der Waals surface area contributed by atoms with E-state index in [0.29, 0.717) is 5.56 Å². The molecule has 0 amide bonds. The van der Waals surface area contributed by atoms with Crippen molar-refractivity contribution in [3.05, 3.63) is 29.8 Å². The average molecular weight is 298 g/mol. The molecule has 0 spiro atoms. The smallest absolute Gasteiger partial charge is 0.208 e. The highest BCUT2D eigenvalue weighted by Gasteiger charge is 2.17. The molecule has 1 atom stereocenters. The number of nitriles is 1. The number of hydrogen-bond acceptors (Lipinski definition) is 4. The minimum atomic E-state index is -3.54. The third-order valence-electron chi connectivity index (χ3n) is 2.53. The van der Waals surface area contributed by atoms with Crippen molar-refractivity contribution in [1.82, 2.24) is 4.72 Å². The van der Waals surface area contributed by atoms with Crippen LogP contribution in [0.4, 0.5) is 0 Å². The third-order valence-corrected chi connectivity index (χ3v) is 5.05. The van der Waals surface area contributed by atoms with E-state index in [-0.39, 0.29) is 10.9 Å². The van der Waals surface area contributed by atoms with Gasteiger partial charge in [-0.05, 0) is 43.0 Å². The fourth-order valence-electron chi connectivity index (χ4n) is 1.53. The number of thioether (sulfide) groups is 1. The van der Waals surface area contributed by atoms with Gasteiger partial charge in [0.2, 0.25) is 10.0 Å². The first-order valence-corrected chi connectivity index (χ1v) is 8.73. The Hall–Kier alpha value is -1.03. The van der Waals surface area contributed by atoms with Crippen LogP contribution in [0.25, 0.3) is 0 Å². The second-order valence-corrected chi connectivity index (χ2v) is 7.26. The fourth-order valence-corrected chi connectivity index (χ4v) is 3.66. The molecule has 0 saturated carbocycles. The van der Waals surface area contributed by atoms with Gasteiger partial charge in [-0.25, -0.2) is 13.1 Å². The first kappa shape index (κ1) is 16.0. The van der Waals surface area contributed by atoms with Crippen LogP contribution in [0.15, 0.2) is 29.2 Å². The highest BCUT2D eigenvalue weighted by atomic mass is 32.2. The molecule has 6 heteroatoms. The second-order valence-electron chi connectivity index (χ2n) is 4.15. The summed E-state index contributed by atoms with van der Waals surface area (Å²) < 4.78 is 26.9. The number of nitrogens with zero attached hydrogens (tertiary/aromatic N) is 1. The fraction of sp³-hybridized carbons (Fsp3) is 0.462. The summed E-state index contributed by atoms with van der Waals surface area (Å²) in [5, 5.41) is 8.78. The van der Waals surface area contributed by atoms with E-state index in [1.165, 1.54) is 12.1 Å². The van der Waals surface area contributed by atoms with E-state index in [9.17, 15) is 8.42 Å². The van der Waals surface area contributed by atoms with Gasteiger partial charge in [0.1, 0.15) is 0 Å². The zero-order valence-corrected chi connectivity index (χ0v) is 12.7. The van der Waals surface area contributed by atoms with Crippen LogP contribution < -0.4 is 4.72 Å². The first-order chi connectivity index (χ1) is 8.99. The predicted octanol–water partition coefficient (Wildman–Crippen LogP) is 2.37. The number of benzene rings is 1. The maximum atomic E-state index is 12.1. The normalized spacial score (nSPS) is 12.9. The van der Waals surface area contributed by atoms with Gasteiger partial charge in [-0.15, -0.1) is 0 Å². The Kier molecular flexibility index (Phi) is 6.35. The Balaban J connectivity index is 2.72. The van der Waals surface area contributed by atoms with Crippen molar-refractivity contribution in [2.45, 2.75) is 31.2 Å². The molecular weight excluding hydrogens is 280 g/mol. The second kappa shape index (κ2) is 7.53. The number of nitrogens with one attached hydrogen (secondary N) is 1. The lowest BCUT2D eigenvalue weighted by Crippen LogP contribution is -2.33. The molecule has 0 heterocycles. The van der Waals surface area contributed by atoms with Crippen LogP contribution in [-0.2, 0) is 10.0 Å². The van der Waals surface area contributed by atoms with Crippen LogP contribution in [0.1, 0.15) is 25.8 Å². The molecule has 0 radical (unpaired) electrons. The number of rotatable bonds is 7. The van der Waals surface area contributed by atoms with E-state index in [4.69, 9.17) is 5.26 Å².